The van der Waals surface area contributed by atoms with Gasteiger partial charge in [0.05, 0.1) is 10.8 Å². The molecule has 24 heavy (non-hydrogen) atoms. The van der Waals surface area contributed by atoms with Crippen LogP contribution >= 0.6 is 0 Å². The van der Waals surface area contributed by atoms with Crippen LogP contribution in [-0.2, 0) is 9.59 Å². The summed E-state index contributed by atoms with van der Waals surface area (Å²) in [4.78, 5) is 24.9. The van der Waals surface area contributed by atoms with E-state index in [0.717, 1.165) is 62.5 Å². The summed E-state index contributed by atoms with van der Waals surface area (Å²) in [6.45, 7) is 4.07. The predicted molar refractivity (Wildman–Crippen MR) is 93.9 cm³/mol. The Labute approximate surface area is 145 Å². The molecule has 136 valence electrons. The Kier molecular flexibility index (Phi) is 6.11. The smallest absolute Gasteiger partial charge is 0.313 e. The maximum Gasteiger partial charge on any atom is 0.313 e. The topological polar surface area (TPSA) is 74.6 Å². The molecule has 0 radical (unpaired) electrons. The number of hydrogen-bond donors (Lipinski definition) is 2. The zero-order valence-corrected chi connectivity index (χ0v) is 15.2. The predicted octanol–water partition coefficient (Wildman–Crippen LogP) is 5.17. The molecule has 0 aromatic carbocycles. The molecule has 2 aliphatic carbocycles. The van der Waals surface area contributed by atoms with Crippen LogP contribution in [0.1, 0.15) is 90.9 Å². The quantitative estimate of drug-likeness (QED) is 0.656. The minimum absolute atomic E-state index is 0.593. The van der Waals surface area contributed by atoms with Crippen LogP contribution in [-0.4, -0.2) is 22.2 Å². The molecule has 2 rings (SSSR count). The van der Waals surface area contributed by atoms with Gasteiger partial charge in [-0.15, -0.1) is 0 Å². The number of rotatable bonds is 6. The normalized spacial score (nSPS) is 22.6. The zero-order valence-electron chi connectivity index (χ0n) is 15.2. The molecule has 2 saturated carbocycles. The Bertz CT molecular complexity index is 462. The van der Waals surface area contributed by atoms with Crippen LogP contribution in [0.15, 0.2) is 11.1 Å². The van der Waals surface area contributed by atoms with Gasteiger partial charge in [0.25, 0.3) is 0 Å². The molecular formula is C20H32O4. The van der Waals surface area contributed by atoms with Crippen LogP contribution in [0.3, 0.4) is 0 Å². The van der Waals surface area contributed by atoms with Crippen molar-refractivity contribution in [3.63, 3.8) is 0 Å². The monoisotopic (exact) mass is 336 g/mol. The average molecular weight is 336 g/mol. The van der Waals surface area contributed by atoms with Crippen LogP contribution in [0.25, 0.3) is 0 Å². The number of aliphatic carboxylic acids is 2. The first-order valence-corrected chi connectivity index (χ1v) is 9.64. The highest BCUT2D eigenvalue weighted by atomic mass is 16.4. The third-order valence-corrected chi connectivity index (χ3v) is 6.40. The van der Waals surface area contributed by atoms with Gasteiger partial charge >= 0.3 is 11.9 Å². The molecule has 2 N–H and O–H groups in total. The average Bonchev–Trinajstić information content (AvgIpc) is 2.60. The van der Waals surface area contributed by atoms with E-state index in [9.17, 15) is 19.8 Å². The second kappa shape index (κ2) is 7.71. The van der Waals surface area contributed by atoms with Crippen molar-refractivity contribution in [1.82, 2.24) is 0 Å². The first-order chi connectivity index (χ1) is 11.4. The van der Waals surface area contributed by atoms with Crippen LogP contribution in [0.4, 0.5) is 0 Å². The van der Waals surface area contributed by atoms with Gasteiger partial charge in [0, 0.05) is 0 Å². The van der Waals surface area contributed by atoms with Gasteiger partial charge in [-0.05, 0) is 44.1 Å². The minimum Gasteiger partial charge on any atom is -0.481 e. The van der Waals surface area contributed by atoms with Gasteiger partial charge in [-0.2, -0.15) is 0 Å². The maximum absolute atomic E-state index is 12.4. The highest BCUT2D eigenvalue weighted by Crippen LogP contribution is 2.56. The highest BCUT2D eigenvalue weighted by Gasteiger charge is 2.55. The Hall–Kier alpha value is -1.32. The summed E-state index contributed by atoms with van der Waals surface area (Å²) in [5, 5.41) is 20.4. The standard InChI is InChI=1S/C20H32O4/c1-3-15(4-2)16(19(17(21)22)11-7-5-8-12-19)20(18(23)24)13-9-6-10-14-20/h3-14H2,1-2H3,(H,21,22)(H,23,24). The van der Waals surface area contributed by atoms with E-state index >= 15 is 0 Å². The number of carboxylic acid groups (broad SMARTS) is 2. The molecule has 0 amide bonds. The molecule has 0 atom stereocenters. The lowest BCUT2D eigenvalue weighted by molar-refractivity contribution is -0.154. The summed E-state index contributed by atoms with van der Waals surface area (Å²) in [6, 6.07) is 0. The molecule has 2 fully saturated rings. The van der Waals surface area contributed by atoms with E-state index in [-0.39, 0.29) is 0 Å². The van der Waals surface area contributed by atoms with Gasteiger partial charge in [0.15, 0.2) is 0 Å². The van der Waals surface area contributed by atoms with Crippen molar-refractivity contribution in [3.05, 3.63) is 11.1 Å². The van der Waals surface area contributed by atoms with Crippen LogP contribution < -0.4 is 0 Å². The van der Waals surface area contributed by atoms with Crippen LogP contribution in [0.5, 0.6) is 0 Å². The molecule has 0 unspecified atom stereocenters. The van der Waals surface area contributed by atoms with E-state index < -0.39 is 22.8 Å². The molecular weight excluding hydrogens is 304 g/mol. The van der Waals surface area contributed by atoms with Crippen LogP contribution in [0, 0.1) is 10.8 Å². The summed E-state index contributed by atoms with van der Waals surface area (Å²) in [5.41, 5.74) is -0.0620. The van der Waals surface area contributed by atoms with Gasteiger partial charge in [-0.3, -0.25) is 9.59 Å². The molecule has 0 heterocycles. The lowest BCUT2D eigenvalue weighted by Gasteiger charge is -2.47. The van der Waals surface area contributed by atoms with E-state index in [2.05, 4.69) is 0 Å². The fraction of sp³-hybridized carbons (Fsp3) is 0.800. The molecule has 0 spiro atoms. The van der Waals surface area contributed by atoms with Crippen molar-refractivity contribution in [2.75, 3.05) is 0 Å². The Morgan fingerprint density at radius 3 is 1.29 bits per heavy atom. The molecule has 4 heteroatoms. The zero-order chi connectivity index (χ0) is 17.8. The molecule has 0 bridgehead atoms. The molecule has 0 aromatic rings. The Morgan fingerprint density at radius 2 is 1.04 bits per heavy atom. The molecule has 0 aliphatic heterocycles. The minimum atomic E-state index is -0.963. The van der Waals surface area contributed by atoms with Crippen molar-refractivity contribution < 1.29 is 19.8 Å². The number of carboxylic acids is 2. The molecule has 4 nitrogen and oxygen atoms in total. The second-order valence-corrected chi connectivity index (χ2v) is 7.58. The lowest BCUT2D eigenvalue weighted by atomic mass is 9.55. The van der Waals surface area contributed by atoms with Gasteiger partial charge < -0.3 is 10.2 Å². The Balaban J connectivity index is 2.70. The summed E-state index contributed by atoms with van der Waals surface area (Å²) >= 11 is 0. The van der Waals surface area contributed by atoms with Gasteiger partial charge in [-0.25, -0.2) is 0 Å². The van der Waals surface area contributed by atoms with Crippen molar-refractivity contribution in [2.45, 2.75) is 90.9 Å². The van der Waals surface area contributed by atoms with Crippen LogP contribution in [0.2, 0.25) is 0 Å². The fourth-order valence-electron chi connectivity index (χ4n) is 5.19. The third-order valence-electron chi connectivity index (χ3n) is 6.40. The number of allylic oxidation sites excluding steroid dienone is 1. The first kappa shape index (κ1) is 19.0. The highest BCUT2D eigenvalue weighted by molar-refractivity contribution is 5.86. The molecule has 0 saturated heterocycles. The lowest BCUT2D eigenvalue weighted by Crippen LogP contribution is -2.47. The first-order valence-electron chi connectivity index (χ1n) is 9.64. The molecule has 0 aromatic heterocycles. The van der Waals surface area contributed by atoms with Crippen molar-refractivity contribution in [2.24, 2.45) is 10.8 Å². The van der Waals surface area contributed by atoms with E-state index in [1.807, 2.05) is 13.8 Å². The summed E-state index contributed by atoms with van der Waals surface area (Å²) in [5.74, 6) is -1.61. The van der Waals surface area contributed by atoms with Gasteiger partial charge in [0.1, 0.15) is 0 Å². The Morgan fingerprint density at radius 1 is 0.708 bits per heavy atom. The summed E-state index contributed by atoms with van der Waals surface area (Å²) < 4.78 is 0. The van der Waals surface area contributed by atoms with Crippen molar-refractivity contribution in [1.29, 1.82) is 0 Å². The van der Waals surface area contributed by atoms with E-state index in [4.69, 9.17) is 0 Å². The number of hydrogen-bond acceptors (Lipinski definition) is 2. The van der Waals surface area contributed by atoms with Crippen molar-refractivity contribution in [3.8, 4) is 0 Å². The third kappa shape index (κ3) is 3.12. The van der Waals surface area contributed by atoms with E-state index in [1.165, 1.54) is 0 Å². The summed E-state index contributed by atoms with van der Waals surface area (Å²) in [6.07, 6.45) is 9.49. The SMILES string of the molecule is CCC(CC)=C(C1(C(=O)O)CCCCC1)C1(C(=O)O)CCCCC1. The maximum atomic E-state index is 12.4. The van der Waals surface area contributed by atoms with Gasteiger partial charge in [0.2, 0.25) is 0 Å². The van der Waals surface area contributed by atoms with Crippen molar-refractivity contribution >= 4 is 11.9 Å². The largest absolute Gasteiger partial charge is 0.481 e. The van der Waals surface area contributed by atoms with E-state index in [0.29, 0.717) is 25.7 Å². The number of carbonyl (C=O) groups is 2. The second-order valence-electron chi connectivity index (χ2n) is 7.58. The van der Waals surface area contributed by atoms with E-state index in [1.54, 1.807) is 0 Å². The molecule has 2 aliphatic rings. The fourth-order valence-corrected chi connectivity index (χ4v) is 5.19. The van der Waals surface area contributed by atoms with Gasteiger partial charge in [-0.1, -0.05) is 57.9 Å². The summed E-state index contributed by atoms with van der Waals surface area (Å²) in [7, 11) is 0.